The fraction of sp³-hybridized carbons (Fsp3) is 0.800. The van der Waals surface area contributed by atoms with Crippen LogP contribution in [0.5, 0.6) is 0 Å². The number of nitrogens with one attached hydrogen (secondary N) is 1. The summed E-state index contributed by atoms with van der Waals surface area (Å²) in [7, 11) is 0. The third-order valence-electron chi connectivity index (χ3n) is 2.37. The van der Waals surface area contributed by atoms with Crippen molar-refractivity contribution in [1.29, 1.82) is 0 Å². The van der Waals surface area contributed by atoms with Gasteiger partial charge in [-0.05, 0) is 12.8 Å². The van der Waals surface area contributed by atoms with E-state index in [0.717, 1.165) is 6.42 Å². The number of terminal acetylenes is 1. The van der Waals surface area contributed by atoms with Crippen molar-refractivity contribution in [2.24, 2.45) is 0 Å². The molecule has 0 radical (unpaired) electrons. The topological polar surface area (TPSA) is 52.5 Å². The number of aliphatic hydroxyl groups is 2. The zero-order valence-corrected chi connectivity index (χ0v) is 8.38. The molecule has 0 aromatic heterocycles. The maximum Gasteiger partial charge on any atom is 0.0689 e. The minimum absolute atomic E-state index is 0.0840. The molecule has 3 nitrogen and oxygen atoms in total. The van der Waals surface area contributed by atoms with Crippen molar-refractivity contribution in [3.8, 4) is 12.3 Å². The predicted octanol–water partition coefficient (Wildman–Crippen LogP) is 0.121. The zero-order valence-electron chi connectivity index (χ0n) is 8.38. The Hall–Kier alpha value is -0.560. The monoisotopic (exact) mass is 185 g/mol. The minimum atomic E-state index is -0.632. The molecule has 0 aliphatic carbocycles. The summed E-state index contributed by atoms with van der Waals surface area (Å²) >= 11 is 0. The van der Waals surface area contributed by atoms with E-state index >= 15 is 0 Å². The first kappa shape index (κ1) is 12.4. The highest BCUT2D eigenvalue weighted by Gasteiger charge is 2.27. The van der Waals surface area contributed by atoms with Crippen LogP contribution >= 0.6 is 0 Å². The molecule has 0 rings (SSSR count). The molecule has 0 spiro atoms. The van der Waals surface area contributed by atoms with Gasteiger partial charge in [0.1, 0.15) is 0 Å². The average molecular weight is 185 g/mol. The second-order valence-electron chi connectivity index (χ2n) is 3.22. The van der Waals surface area contributed by atoms with Gasteiger partial charge < -0.3 is 10.2 Å². The fourth-order valence-corrected chi connectivity index (χ4v) is 1.10. The summed E-state index contributed by atoms with van der Waals surface area (Å²) in [5.41, 5.74) is -0.632. The van der Waals surface area contributed by atoms with Gasteiger partial charge in [0.15, 0.2) is 0 Å². The molecule has 0 aliphatic rings. The van der Waals surface area contributed by atoms with Gasteiger partial charge in [-0.2, -0.15) is 0 Å². The number of aliphatic hydroxyl groups excluding tert-OH is 2. The van der Waals surface area contributed by atoms with Crippen LogP contribution in [0.1, 0.15) is 26.7 Å². The molecule has 1 unspecified atom stereocenters. The van der Waals surface area contributed by atoms with Crippen molar-refractivity contribution >= 4 is 0 Å². The molecular weight excluding hydrogens is 166 g/mol. The van der Waals surface area contributed by atoms with Crippen LogP contribution in [0.25, 0.3) is 0 Å². The molecule has 76 valence electrons. The summed E-state index contributed by atoms with van der Waals surface area (Å²) in [6.45, 7) is 3.67. The SMILES string of the molecule is C#CC(CC)NC(CC)(CO)CO. The lowest BCUT2D eigenvalue weighted by atomic mass is 9.96. The van der Waals surface area contributed by atoms with Crippen molar-refractivity contribution < 1.29 is 10.2 Å². The number of rotatable bonds is 6. The van der Waals surface area contributed by atoms with E-state index in [1.54, 1.807) is 0 Å². The molecule has 3 heteroatoms. The quantitative estimate of drug-likeness (QED) is 0.515. The Morgan fingerprint density at radius 2 is 1.92 bits per heavy atom. The van der Waals surface area contributed by atoms with Crippen LogP contribution in [0.3, 0.4) is 0 Å². The Morgan fingerprint density at radius 1 is 1.38 bits per heavy atom. The van der Waals surface area contributed by atoms with Crippen LogP contribution in [-0.4, -0.2) is 35.0 Å². The number of hydrogen-bond donors (Lipinski definition) is 3. The molecule has 13 heavy (non-hydrogen) atoms. The first-order valence-corrected chi connectivity index (χ1v) is 4.63. The van der Waals surface area contributed by atoms with Gasteiger partial charge in [0.25, 0.3) is 0 Å². The second-order valence-corrected chi connectivity index (χ2v) is 3.22. The molecule has 0 aliphatic heterocycles. The van der Waals surface area contributed by atoms with E-state index in [2.05, 4.69) is 11.2 Å². The van der Waals surface area contributed by atoms with Gasteiger partial charge in [-0.25, -0.2) is 0 Å². The molecular formula is C10H19NO2. The largest absolute Gasteiger partial charge is 0.394 e. The molecule has 0 bridgehead atoms. The van der Waals surface area contributed by atoms with Crippen LogP contribution in [0.15, 0.2) is 0 Å². The first-order chi connectivity index (χ1) is 6.17. The molecule has 0 saturated heterocycles. The lowest BCUT2D eigenvalue weighted by molar-refractivity contribution is 0.0825. The summed E-state index contributed by atoms with van der Waals surface area (Å²) in [6.07, 6.45) is 6.72. The standard InChI is InChI=1S/C10H19NO2/c1-4-9(5-2)11-10(6-3,7-12)8-13/h1,9,11-13H,5-8H2,2-3H3. The van der Waals surface area contributed by atoms with E-state index in [1.165, 1.54) is 0 Å². The molecule has 0 aromatic carbocycles. The summed E-state index contributed by atoms with van der Waals surface area (Å²) in [4.78, 5) is 0. The van der Waals surface area contributed by atoms with Crippen molar-refractivity contribution in [2.75, 3.05) is 13.2 Å². The van der Waals surface area contributed by atoms with Gasteiger partial charge in [0.05, 0.1) is 24.8 Å². The van der Waals surface area contributed by atoms with Crippen molar-refractivity contribution in [1.82, 2.24) is 5.32 Å². The highest BCUT2D eigenvalue weighted by atomic mass is 16.3. The maximum absolute atomic E-state index is 9.13. The molecule has 1 atom stereocenters. The Bertz CT molecular complexity index is 162. The summed E-state index contributed by atoms with van der Waals surface area (Å²) < 4.78 is 0. The third kappa shape index (κ3) is 3.35. The highest BCUT2D eigenvalue weighted by Crippen LogP contribution is 2.10. The van der Waals surface area contributed by atoms with Gasteiger partial charge in [-0.1, -0.05) is 19.8 Å². The van der Waals surface area contributed by atoms with Gasteiger partial charge >= 0.3 is 0 Å². The van der Waals surface area contributed by atoms with Gasteiger partial charge in [-0.3, -0.25) is 5.32 Å². The number of hydrogen-bond acceptors (Lipinski definition) is 3. The second kappa shape index (κ2) is 5.98. The lowest BCUT2D eigenvalue weighted by Gasteiger charge is -2.32. The highest BCUT2D eigenvalue weighted by molar-refractivity contribution is 5.02. The molecule has 0 aromatic rings. The van der Waals surface area contributed by atoms with Gasteiger partial charge in [0, 0.05) is 0 Å². The Balaban J connectivity index is 4.32. The normalized spacial score (nSPS) is 13.8. The Kier molecular flexibility index (Phi) is 5.72. The lowest BCUT2D eigenvalue weighted by Crippen LogP contribution is -2.54. The average Bonchev–Trinajstić information content (AvgIpc) is 2.21. The van der Waals surface area contributed by atoms with E-state index in [0.29, 0.717) is 6.42 Å². The van der Waals surface area contributed by atoms with Crippen LogP contribution in [-0.2, 0) is 0 Å². The summed E-state index contributed by atoms with van der Waals surface area (Å²) in [5.74, 6) is 2.58. The van der Waals surface area contributed by atoms with Crippen molar-refractivity contribution in [3.63, 3.8) is 0 Å². The molecule has 0 heterocycles. The van der Waals surface area contributed by atoms with Crippen LogP contribution in [0.4, 0.5) is 0 Å². The van der Waals surface area contributed by atoms with E-state index in [9.17, 15) is 0 Å². The smallest absolute Gasteiger partial charge is 0.0689 e. The maximum atomic E-state index is 9.13. The Morgan fingerprint density at radius 3 is 2.15 bits per heavy atom. The van der Waals surface area contributed by atoms with Crippen LogP contribution in [0, 0.1) is 12.3 Å². The van der Waals surface area contributed by atoms with E-state index in [-0.39, 0.29) is 19.3 Å². The molecule has 0 saturated carbocycles. The van der Waals surface area contributed by atoms with E-state index < -0.39 is 5.54 Å². The van der Waals surface area contributed by atoms with Crippen LogP contribution in [0.2, 0.25) is 0 Å². The first-order valence-electron chi connectivity index (χ1n) is 4.63. The van der Waals surface area contributed by atoms with E-state index in [1.807, 2.05) is 13.8 Å². The van der Waals surface area contributed by atoms with Gasteiger partial charge in [0.2, 0.25) is 0 Å². The fourth-order valence-electron chi connectivity index (χ4n) is 1.10. The molecule has 3 N–H and O–H groups in total. The summed E-state index contributed by atoms with van der Waals surface area (Å²) in [6, 6.07) is -0.0840. The van der Waals surface area contributed by atoms with E-state index in [4.69, 9.17) is 16.6 Å². The molecule has 0 amide bonds. The predicted molar refractivity (Wildman–Crippen MR) is 53.2 cm³/mol. The molecule has 0 fully saturated rings. The third-order valence-corrected chi connectivity index (χ3v) is 2.37. The van der Waals surface area contributed by atoms with Crippen molar-refractivity contribution in [3.05, 3.63) is 0 Å². The zero-order chi connectivity index (χ0) is 10.3. The van der Waals surface area contributed by atoms with Crippen molar-refractivity contribution in [2.45, 2.75) is 38.3 Å². The minimum Gasteiger partial charge on any atom is -0.394 e. The summed E-state index contributed by atoms with van der Waals surface area (Å²) in [5, 5.41) is 21.3. The Labute approximate surface area is 80.2 Å². The van der Waals surface area contributed by atoms with Crippen LogP contribution < -0.4 is 5.32 Å². The van der Waals surface area contributed by atoms with Gasteiger partial charge in [-0.15, -0.1) is 6.42 Å².